The fraction of sp³-hybridized carbons (Fsp3) is 0.391. The molecule has 1 spiro atoms. The molecular weight excluding hydrogens is 481 g/mol. The van der Waals surface area contributed by atoms with Crippen molar-refractivity contribution in [1.29, 1.82) is 0 Å². The molecule has 3 aromatic rings. The summed E-state index contributed by atoms with van der Waals surface area (Å²) in [5.41, 5.74) is 3.12. The number of nitrogens with zero attached hydrogens (tertiary/aromatic N) is 4. The smallest absolute Gasteiger partial charge is 0.415 e. The van der Waals surface area contributed by atoms with Crippen molar-refractivity contribution in [3.8, 4) is 11.4 Å². The molecule has 1 amide bonds. The lowest BCUT2D eigenvalue weighted by Gasteiger charge is -2.35. The minimum absolute atomic E-state index is 0. The number of hydrogen-bond donors (Lipinski definition) is 1. The largest absolute Gasteiger partial charge is 0.441 e. The number of nitrogens with one attached hydrogen (secondary N) is 1. The summed E-state index contributed by atoms with van der Waals surface area (Å²) >= 11 is 1.61. The van der Waals surface area contributed by atoms with Crippen LogP contribution < -0.4 is 10.2 Å². The fourth-order valence-electron chi connectivity index (χ4n) is 4.46. The van der Waals surface area contributed by atoms with Gasteiger partial charge in [0.25, 0.3) is 0 Å². The van der Waals surface area contributed by atoms with E-state index >= 15 is 0 Å². The van der Waals surface area contributed by atoms with Crippen molar-refractivity contribution in [3.63, 3.8) is 0 Å². The number of halogens is 2. The van der Waals surface area contributed by atoms with Gasteiger partial charge in [-0.25, -0.2) is 9.78 Å². The average Bonchev–Trinajstić information content (AvgIpc) is 3.39. The van der Waals surface area contributed by atoms with Crippen molar-refractivity contribution in [2.75, 3.05) is 23.3 Å². The summed E-state index contributed by atoms with van der Waals surface area (Å²) < 4.78 is 5.90. The Hall–Kier alpha value is -2.42. The second-order valence-corrected chi connectivity index (χ2v) is 9.18. The van der Waals surface area contributed by atoms with Crippen LogP contribution >= 0.6 is 36.2 Å². The van der Waals surface area contributed by atoms with Gasteiger partial charge < -0.3 is 10.1 Å². The van der Waals surface area contributed by atoms with Crippen LogP contribution in [0.25, 0.3) is 11.4 Å². The van der Waals surface area contributed by atoms with Crippen LogP contribution in [0.3, 0.4) is 0 Å². The SMILES string of the molecule is Cc1ncccc1N1C[C@]2(CC[C@@H](CNc3nc(-c4ccccn4)cs3)CC2)OC1=O.Cl.Cl. The van der Waals surface area contributed by atoms with Gasteiger partial charge in [-0.3, -0.25) is 14.9 Å². The number of aromatic nitrogens is 3. The molecule has 10 heteroatoms. The minimum Gasteiger partial charge on any atom is -0.441 e. The van der Waals surface area contributed by atoms with E-state index in [0.29, 0.717) is 12.5 Å². The molecule has 0 radical (unpaired) electrons. The highest BCUT2D eigenvalue weighted by molar-refractivity contribution is 7.14. The number of aryl methyl sites for hydroxylation is 1. The topological polar surface area (TPSA) is 80.2 Å². The van der Waals surface area contributed by atoms with Crippen LogP contribution in [-0.2, 0) is 4.74 Å². The van der Waals surface area contributed by atoms with Gasteiger partial charge >= 0.3 is 6.09 Å². The second kappa shape index (κ2) is 10.7. The summed E-state index contributed by atoms with van der Waals surface area (Å²) in [4.78, 5) is 27.6. The summed E-state index contributed by atoms with van der Waals surface area (Å²) in [6.07, 6.45) is 7.10. The number of rotatable bonds is 5. The summed E-state index contributed by atoms with van der Waals surface area (Å²) in [6, 6.07) is 9.65. The Labute approximate surface area is 209 Å². The van der Waals surface area contributed by atoms with Crippen molar-refractivity contribution in [3.05, 3.63) is 53.8 Å². The van der Waals surface area contributed by atoms with Gasteiger partial charge in [-0.1, -0.05) is 6.07 Å². The average molecular weight is 508 g/mol. The molecule has 2 aliphatic rings. The Morgan fingerprint density at radius 3 is 2.64 bits per heavy atom. The number of carbonyl (C=O) groups excluding carboxylic acids is 1. The van der Waals surface area contributed by atoms with E-state index < -0.39 is 0 Å². The van der Waals surface area contributed by atoms with Gasteiger partial charge in [0, 0.05) is 24.3 Å². The zero-order valence-electron chi connectivity index (χ0n) is 18.3. The van der Waals surface area contributed by atoms with Gasteiger partial charge in [0.15, 0.2) is 5.13 Å². The highest BCUT2D eigenvalue weighted by Gasteiger charge is 2.47. The molecule has 5 rings (SSSR count). The third-order valence-electron chi connectivity index (χ3n) is 6.23. The predicted molar refractivity (Wildman–Crippen MR) is 136 cm³/mol. The Kier molecular flexibility index (Phi) is 8.15. The van der Waals surface area contributed by atoms with E-state index in [1.165, 1.54) is 0 Å². The van der Waals surface area contributed by atoms with Gasteiger partial charge in [0.2, 0.25) is 0 Å². The first kappa shape index (κ1) is 25.2. The first-order valence-corrected chi connectivity index (χ1v) is 11.5. The molecule has 7 nitrogen and oxygen atoms in total. The molecule has 3 aromatic heterocycles. The van der Waals surface area contributed by atoms with Crippen LogP contribution in [-0.4, -0.2) is 39.7 Å². The quantitative estimate of drug-likeness (QED) is 0.473. The zero-order valence-corrected chi connectivity index (χ0v) is 20.7. The molecule has 1 N–H and O–H groups in total. The molecule has 4 heterocycles. The first-order valence-electron chi connectivity index (χ1n) is 10.6. The summed E-state index contributed by atoms with van der Waals surface area (Å²) in [7, 11) is 0. The molecule has 1 saturated heterocycles. The predicted octanol–water partition coefficient (Wildman–Crippen LogP) is 5.75. The lowest BCUT2D eigenvalue weighted by atomic mass is 9.78. The van der Waals surface area contributed by atoms with E-state index in [1.54, 1.807) is 28.6 Å². The van der Waals surface area contributed by atoms with Gasteiger partial charge in [-0.05, 0) is 62.8 Å². The third kappa shape index (κ3) is 5.39. The Balaban J connectivity index is 0.00000153. The highest BCUT2D eigenvalue weighted by atomic mass is 35.5. The molecule has 33 heavy (non-hydrogen) atoms. The molecular formula is C23H27Cl2N5O2S. The maximum absolute atomic E-state index is 12.6. The Morgan fingerprint density at radius 1 is 1.12 bits per heavy atom. The van der Waals surface area contributed by atoms with Crippen molar-refractivity contribution in [2.45, 2.75) is 38.2 Å². The molecule has 2 fully saturated rings. The standard InChI is InChI=1S/C23H25N5O2S.2ClH/c1-16-20(6-4-12-24-16)28-15-23(30-22(28)29)9-7-17(8-10-23)13-26-21-27-19(14-31-21)18-5-2-3-11-25-18;;/h2-6,11-12,14,17H,7-10,13,15H2,1H3,(H,26,27);2*1H/t17-,23-;;. The molecule has 0 atom stereocenters. The summed E-state index contributed by atoms with van der Waals surface area (Å²) in [6.45, 7) is 3.41. The van der Waals surface area contributed by atoms with Crippen molar-refractivity contribution < 1.29 is 9.53 Å². The monoisotopic (exact) mass is 507 g/mol. The maximum atomic E-state index is 12.6. The van der Waals surface area contributed by atoms with Gasteiger partial charge in [0.05, 0.1) is 23.6 Å². The normalized spacial score (nSPS) is 21.8. The third-order valence-corrected chi connectivity index (χ3v) is 7.03. The van der Waals surface area contributed by atoms with Crippen LogP contribution in [0.1, 0.15) is 31.4 Å². The van der Waals surface area contributed by atoms with Crippen LogP contribution in [0.15, 0.2) is 48.1 Å². The molecule has 176 valence electrons. The van der Waals surface area contributed by atoms with E-state index in [2.05, 4.69) is 20.3 Å². The number of hydrogen-bond acceptors (Lipinski definition) is 7. The van der Waals surface area contributed by atoms with Crippen molar-refractivity contribution >= 4 is 53.1 Å². The van der Waals surface area contributed by atoms with E-state index in [4.69, 9.17) is 4.74 Å². The lowest BCUT2D eigenvalue weighted by molar-refractivity contribution is 0.0148. The lowest BCUT2D eigenvalue weighted by Crippen LogP contribution is -2.39. The molecule has 1 aliphatic heterocycles. The summed E-state index contributed by atoms with van der Waals surface area (Å²) in [5.74, 6) is 0.542. The zero-order chi connectivity index (χ0) is 21.3. The molecule has 0 bridgehead atoms. The van der Waals surface area contributed by atoms with E-state index in [1.807, 2.05) is 42.6 Å². The fourth-order valence-corrected chi connectivity index (χ4v) is 5.17. The first-order chi connectivity index (χ1) is 15.1. The number of thiazole rings is 1. The molecule has 0 aromatic carbocycles. The van der Waals surface area contributed by atoms with Crippen LogP contribution in [0.4, 0.5) is 15.6 Å². The summed E-state index contributed by atoms with van der Waals surface area (Å²) in [5, 5.41) is 6.45. The van der Waals surface area contributed by atoms with Crippen LogP contribution in [0.5, 0.6) is 0 Å². The maximum Gasteiger partial charge on any atom is 0.415 e. The van der Waals surface area contributed by atoms with Crippen LogP contribution in [0, 0.1) is 12.8 Å². The van der Waals surface area contributed by atoms with Gasteiger partial charge in [-0.15, -0.1) is 36.2 Å². The van der Waals surface area contributed by atoms with E-state index in [0.717, 1.165) is 60.1 Å². The van der Waals surface area contributed by atoms with Gasteiger partial charge in [-0.2, -0.15) is 0 Å². The number of amides is 1. The van der Waals surface area contributed by atoms with Crippen LogP contribution in [0.2, 0.25) is 0 Å². The molecule has 1 saturated carbocycles. The second-order valence-electron chi connectivity index (χ2n) is 8.32. The number of pyridine rings is 2. The Morgan fingerprint density at radius 2 is 1.91 bits per heavy atom. The number of anilines is 2. The van der Waals surface area contributed by atoms with Crippen molar-refractivity contribution in [1.82, 2.24) is 15.0 Å². The van der Waals surface area contributed by atoms with Crippen molar-refractivity contribution in [2.24, 2.45) is 5.92 Å². The van der Waals surface area contributed by atoms with Gasteiger partial charge in [0.1, 0.15) is 11.3 Å². The van der Waals surface area contributed by atoms with E-state index in [-0.39, 0.29) is 36.5 Å². The van der Waals surface area contributed by atoms with E-state index in [9.17, 15) is 4.79 Å². The number of carbonyl (C=O) groups is 1. The Bertz CT molecular complexity index is 1070. The molecule has 1 aliphatic carbocycles. The minimum atomic E-state index is -0.372. The highest BCUT2D eigenvalue weighted by Crippen LogP contribution is 2.41. The molecule has 0 unspecified atom stereocenters. The number of ether oxygens (including phenoxy) is 1.